The normalized spacial score (nSPS) is 22.7. The smallest absolute Gasteiger partial charge is 0.168 e. The van der Waals surface area contributed by atoms with Crippen molar-refractivity contribution in [1.29, 1.82) is 0 Å². The molecule has 2 N–H and O–H groups in total. The highest BCUT2D eigenvalue weighted by Gasteiger charge is 2.30. The van der Waals surface area contributed by atoms with Gasteiger partial charge in [-0.05, 0) is 17.5 Å². The first kappa shape index (κ1) is 10.9. The van der Waals surface area contributed by atoms with Crippen LogP contribution in [0.1, 0.15) is 17.2 Å². The van der Waals surface area contributed by atoms with Crippen molar-refractivity contribution >= 4 is 11.8 Å². The maximum Gasteiger partial charge on any atom is 0.168 e. The third kappa shape index (κ3) is 1.87. The molecule has 1 aromatic carbocycles. The van der Waals surface area contributed by atoms with Gasteiger partial charge in [0.15, 0.2) is 5.16 Å². The summed E-state index contributed by atoms with van der Waals surface area (Å²) in [5.41, 5.74) is 8.97. The third-order valence-electron chi connectivity index (χ3n) is 3.27. The van der Waals surface area contributed by atoms with Crippen molar-refractivity contribution in [2.75, 3.05) is 0 Å². The molecular weight excluding hydrogens is 230 g/mol. The summed E-state index contributed by atoms with van der Waals surface area (Å²) in [5.74, 6) is 0. The van der Waals surface area contributed by atoms with Gasteiger partial charge in [0.1, 0.15) is 0 Å². The van der Waals surface area contributed by atoms with Gasteiger partial charge in [-0.3, -0.25) is 0 Å². The maximum atomic E-state index is 6.30. The van der Waals surface area contributed by atoms with Crippen molar-refractivity contribution < 1.29 is 0 Å². The van der Waals surface area contributed by atoms with E-state index in [1.807, 2.05) is 24.0 Å². The minimum absolute atomic E-state index is 0.118. The molecule has 0 amide bonds. The molecule has 1 aromatic heterocycles. The van der Waals surface area contributed by atoms with Crippen LogP contribution in [0.3, 0.4) is 0 Å². The molecule has 0 saturated carbocycles. The first-order chi connectivity index (χ1) is 8.25. The van der Waals surface area contributed by atoms with Gasteiger partial charge in [0.2, 0.25) is 0 Å². The van der Waals surface area contributed by atoms with E-state index in [0.717, 1.165) is 11.6 Å². The van der Waals surface area contributed by atoms with Crippen molar-refractivity contribution in [3.63, 3.8) is 0 Å². The Labute approximate surface area is 105 Å². The Bertz CT molecular complexity index is 535. The Morgan fingerprint density at radius 2 is 2.24 bits per heavy atom. The van der Waals surface area contributed by atoms with Crippen molar-refractivity contribution in [3.05, 3.63) is 47.8 Å². The zero-order valence-corrected chi connectivity index (χ0v) is 10.5. The molecule has 0 fully saturated rings. The summed E-state index contributed by atoms with van der Waals surface area (Å²) >= 11 is 1.78. The second-order valence-corrected chi connectivity index (χ2v) is 5.61. The molecule has 88 valence electrons. The molecule has 1 aliphatic carbocycles. The van der Waals surface area contributed by atoms with E-state index in [1.165, 1.54) is 11.1 Å². The van der Waals surface area contributed by atoms with E-state index in [-0.39, 0.29) is 6.04 Å². The first-order valence-corrected chi connectivity index (χ1v) is 6.61. The van der Waals surface area contributed by atoms with Crippen LogP contribution in [0, 0.1) is 0 Å². The van der Waals surface area contributed by atoms with Gasteiger partial charge >= 0.3 is 0 Å². The lowest BCUT2D eigenvalue weighted by Crippen LogP contribution is -2.19. The molecule has 2 aromatic rings. The van der Waals surface area contributed by atoms with Crippen molar-refractivity contribution in [1.82, 2.24) is 9.55 Å². The SMILES string of the molecule is Cn1ccnc1SC1Cc2ccccc2C1N. The molecular formula is C13H15N3S. The van der Waals surface area contributed by atoms with Crippen LogP contribution in [0.4, 0.5) is 0 Å². The number of imidazole rings is 1. The van der Waals surface area contributed by atoms with E-state index in [0.29, 0.717) is 5.25 Å². The second kappa shape index (κ2) is 4.20. The predicted molar refractivity (Wildman–Crippen MR) is 69.9 cm³/mol. The van der Waals surface area contributed by atoms with Gasteiger partial charge in [-0.25, -0.2) is 4.98 Å². The lowest BCUT2D eigenvalue weighted by molar-refractivity contribution is 0.718. The molecule has 3 rings (SSSR count). The summed E-state index contributed by atoms with van der Waals surface area (Å²) in [6, 6.07) is 8.58. The number of nitrogens with two attached hydrogens (primary N) is 1. The average molecular weight is 245 g/mol. The van der Waals surface area contributed by atoms with Gasteiger partial charge in [0.05, 0.1) is 0 Å². The molecule has 0 radical (unpaired) electrons. The van der Waals surface area contributed by atoms with Crippen LogP contribution in [0.5, 0.6) is 0 Å². The van der Waals surface area contributed by atoms with Gasteiger partial charge in [-0.2, -0.15) is 0 Å². The van der Waals surface area contributed by atoms with Crippen LogP contribution >= 0.6 is 11.8 Å². The fraction of sp³-hybridized carbons (Fsp3) is 0.308. The molecule has 1 aliphatic rings. The van der Waals surface area contributed by atoms with E-state index in [9.17, 15) is 0 Å². The van der Waals surface area contributed by atoms with Crippen LogP contribution in [0.2, 0.25) is 0 Å². The number of hydrogen-bond donors (Lipinski definition) is 1. The maximum absolute atomic E-state index is 6.30. The Morgan fingerprint density at radius 3 is 2.94 bits per heavy atom. The van der Waals surface area contributed by atoms with Crippen molar-refractivity contribution in [2.45, 2.75) is 22.9 Å². The highest BCUT2D eigenvalue weighted by atomic mass is 32.2. The largest absolute Gasteiger partial charge is 0.329 e. The summed E-state index contributed by atoms with van der Waals surface area (Å²) in [7, 11) is 2.02. The quantitative estimate of drug-likeness (QED) is 0.881. The van der Waals surface area contributed by atoms with E-state index >= 15 is 0 Å². The topological polar surface area (TPSA) is 43.8 Å². The highest BCUT2D eigenvalue weighted by Crippen LogP contribution is 2.39. The number of thioether (sulfide) groups is 1. The molecule has 1 heterocycles. The lowest BCUT2D eigenvalue weighted by atomic mass is 10.1. The zero-order chi connectivity index (χ0) is 11.8. The van der Waals surface area contributed by atoms with Crippen LogP contribution in [0.15, 0.2) is 41.8 Å². The number of aromatic nitrogens is 2. The van der Waals surface area contributed by atoms with E-state index in [2.05, 4.69) is 29.2 Å². The number of hydrogen-bond acceptors (Lipinski definition) is 3. The number of fused-ring (bicyclic) bond motifs is 1. The lowest BCUT2D eigenvalue weighted by Gasteiger charge is -2.14. The molecule has 2 atom stereocenters. The number of benzene rings is 1. The molecule has 0 spiro atoms. The third-order valence-corrected chi connectivity index (χ3v) is 4.64. The number of rotatable bonds is 2. The van der Waals surface area contributed by atoms with Crippen LogP contribution < -0.4 is 5.73 Å². The van der Waals surface area contributed by atoms with Crippen LogP contribution in [-0.2, 0) is 13.5 Å². The van der Waals surface area contributed by atoms with E-state index < -0.39 is 0 Å². The van der Waals surface area contributed by atoms with E-state index in [4.69, 9.17) is 5.73 Å². The minimum Gasteiger partial charge on any atom is -0.329 e. The monoisotopic (exact) mass is 245 g/mol. The highest BCUT2D eigenvalue weighted by molar-refractivity contribution is 7.99. The molecule has 0 bridgehead atoms. The molecule has 4 heteroatoms. The van der Waals surface area contributed by atoms with E-state index in [1.54, 1.807) is 11.8 Å². The van der Waals surface area contributed by atoms with Gasteiger partial charge in [-0.15, -0.1) is 0 Å². The van der Waals surface area contributed by atoms with Gasteiger partial charge < -0.3 is 10.3 Å². The summed E-state index contributed by atoms with van der Waals surface area (Å²) in [5, 5.41) is 1.44. The molecule has 0 saturated heterocycles. The fourth-order valence-electron chi connectivity index (χ4n) is 2.31. The predicted octanol–water partition coefficient (Wildman–Crippen LogP) is 2.14. The van der Waals surface area contributed by atoms with Gasteiger partial charge in [0, 0.05) is 30.7 Å². The Morgan fingerprint density at radius 1 is 1.41 bits per heavy atom. The van der Waals surface area contributed by atoms with Gasteiger partial charge in [-0.1, -0.05) is 36.0 Å². The van der Waals surface area contributed by atoms with Crippen LogP contribution in [0.25, 0.3) is 0 Å². The average Bonchev–Trinajstić information content (AvgIpc) is 2.87. The fourth-order valence-corrected chi connectivity index (χ4v) is 3.48. The number of aryl methyl sites for hydroxylation is 1. The minimum atomic E-state index is 0.118. The van der Waals surface area contributed by atoms with Crippen molar-refractivity contribution in [3.8, 4) is 0 Å². The summed E-state index contributed by atoms with van der Waals surface area (Å²) in [6.07, 6.45) is 4.83. The molecule has 3 nitrogen and oxygen atoms in total. The van der Waals surface area contributed by atoms with Crippen molar-refractivity contribution in [2.24, 2.45) is 12.8 Å². The number of nitrogens with zero attached hydrogens (tertiary/aromatic N) is 2. The summed E-state index contributed by atoms with van der Waals surface area (Å²) < 4.78 is 2.04. The first-order valence-electron chi connectivity index (χ1n) is 5.73. The zero-order valence-electron chi connectivity index (χ0n) is 9.71. The Kier molecular flexibility index (Phi) is 2.68. The molecule has 0 aliphatic heterocycles. The molecule has 17 heavy (non-hydrogen) atoms. The summed E-state index contributed by atoms with van der Waals surface area (Å²) in [4.78, 5) is 4.35. The molecule has 2 unspecified atom stereocenters. The standard InChI is InChI=1S/C13H15N3S/c1-16-7-6-15-13(16)17-11-8-9-4-2-3-5-10(9)12(11)14/h2-7,11-12H,8,14H2,1H3. The van der Waals surface area contributed by atoms with Crippen LogP contribution in [-0.4, -0.2) is 14.8 Å². The van der Waals surface area contributed by atoms with Gasteiger partial charge in [0.25, 0.3) is 0 Å². The summed E-state index contributed by atoms with van der Waals surface area (Å²) in [6.45, 7) is 0. The Hall–Kier alpha value is -1.26. The Balaban J connectivity index is 1.83. The second-order valence-electron chi connectivity index (χ2n) is 4.41.